The first-order valence-corrected chi connectivity index (χ1v) is 7.34. The summed E-state index contributed by atoms with van der Waals surface area (Å²) in [6.45, 7) is 3.39. The standard InChI is InChI=1S/C17H18O6/c1-3-21-15(19)17(16(20)22-4-2)14(13(10-18)11-23-17)12-8-6-5-7-9-12/h5-11,14H,3-4H2,1-2H3. The smallest absolute Gasteiger partial charge is 0.363 e. The van der Waals surface area contributed by atoms with Gasteiger partial charge in [0.1, 0.15) is 6.29 Å². The summed E-state index contributed by atoms with van der Waals surface area (Å²) in [6.07, 6.45) is 1.69. The molecular weight excluding hydrogens is 300 g/mol. The molecule has 2 rings (SSSR count). The number of carbonyl (C=O) groups is 3. The molecule has 6 heteroatoms. The van der Waals surface area contributed by atoms with Crippen molar-refractivity contribution in [3.63, 3.8) is 0 Å². The molecule has 1 aromatic rings. The van der Waals surface area contributed by atoms with E-state index >= 15 is 0 Å². The van der Waals surface area contributed by atoms with Crippen LogP contribution in [0.1, 0.15) is 25.3 Å². The van der Waals surface area contributed by atoms with Crippen molar-refractivity contribution < 1.29 is 28.6 Å². The first-order valence-electron chi connectivity index (χ1n) is 7.34. The van der Waals surface area contributed by atoms with Crippen molar-refractivity contribution in [3.8, 4) is 0 Å². The lowest BCUT2D eigenvalue weighted by molar-refractivity contribution is -0.183. The number of rotatable bonds is 6. The second-order valence-electron chi connectivity index (χ2n) is 4.87. The second-order valence-corrected chi connectivity index (χ2v) is 4.87. The van der Waals surface area contributed by atoms with E-state index < -0.39 is 23.5 Å². The molecule has 0 saturated carbocycles. The predicted octanol–water partition coefficient (Wildman–Crippen LogP) is 1.75. The lowest BCUT2D eigenvalue weighted by atomic mass is 9.79. The summed E-state index contributed by atoms with van der Waals surface area (Å²) in [5.41, 5.74) is -1.27. The van der Waals surface area contributed by atoms with Crippen LogP contribution >= 0.6 is 0 Å². The van der Waals surface area contributed by atoms with Gasteiger partial charge in [0, 0.05) is 5.57 Å². The molecule has 0 aromatic heterocycles. The van der Waals surface area contributed by atoms with Crippen LogP contribution in [0, 0.1) is 0 Å². The van der Waals surface area contributed by atoms with E-state index in [0.29, 0.717) is 11.8 Å². The highest BCUT2D eigenvalue weighted by atomic mass is 16.6. The zero-order valence-electron chi connectivity index (χ0n) is 13.0. The van der Waals surface area contributed by atoms with Gasteiger partial charge in [0.05, 0.1) is 25.4 Å². The van der Waals surface area contributed by atoms with E-state index in [1.54, 1.807) is 44.2 Å². The topological polar surface area (TPSA) is 78.9 Å². The molecule has 0 radical (unpaired) electrons. The number of aldehydes is 1. The van der Waals surface area contributed by atoms with Gasteiger partial charge in [0.25, 0.3) is 0 Å². The van der Waals surface area contributed by atoms with Gasteiger partial charge in [-0.3, -0.25) is 4.79 Å². The normalized spacial score (nSPS) is 18.5. The molecule has 0 bridgehead atoms. The second kappa shape index (κ2) is 7.09. The minimum atomic E-state index is -2.04. The monoisotopic (exact) mass is 318 g/mol. The van der Waals surface area contributed by atoms with Crippen LogP contribution in [-0.4, -0.2) is 37.0 Å². The van der Waals surface area contributed by atoms with Crippen molar-refractivity contribution in [2.75, 3.05) is 13.2 Å². The number of benzene rings is 1. The van der Waals surface area contributed by atoms with Crippen LogP contribution in [0.5, 0.6) is 0 Å². The average Bonchev–Trinajstić information content (AvgIpc) is 2.96. The Labute approximate surface area is 134 Å². The zero-order chi connectivity index (χ0) is 16.9. The van der Waals surface area contributed by atoms with E-state index in [4.69, 9.17) is 14.2 Å². The molecule has 1 aliphatic rings. The third kappa shape index (κ3) is 2.84. The summed E-state index contributed by atoms with van der Waals surface area (Å²) in [6, 6.07) is 8.71. The van der Waals surface area contributed by atoms with Crippen LogP contribution in [0.4, 0.5) is 0 Å². The zero-order valence-corrected chi connectivity index (χ0v) is 13.0. The summed E-state index contributed by atoms with van der Waals surface area (Å²) in [4.78, 5) is 36.5. The Kier molecular flexibility index (Phi) is 5.16. The van der Waals surface area contributed by atoms with E-state index in [1.165, 1.54) is 0 Å². The molecule has 23 heavy (non-hydrogen) atoms. The maximum absolute atomic E-state index is 12.5. The summed E-state index contributed by atoms with van der Waals surface area (Å²) in [5.74, 6) is -2.67. The van der Waals surface area contributed by atoms with Gasteiger partial charge >= 0.3 is 17.5 Å². The molecule has 122 valence electrons. The van der Waals surface area contributed by atoms with Crippen LogP contribution in [0.2, 0.25) is 0 Å². The number of hydrogen-bond acceptors (Lipinski definition) is 6. The highest BCUT2D eigenvalue weighted by Gasteiger charge is 2.62. The van der Waals surface area contributed by atoms with E-state index in [-0.39, 0.29) is 18.8 Å². The lowest BCUT2D eigenvalue weighted by Crippen LogP contribution is -2.53. The summed E-state index contributed by atoms with van der Waals surface area (Å²) in [5, 5.41) is 0. The molecule has 0 N–H and O–H groups in total. The molecule has 0 amide bonds. The van der Waals surface area contributed by atoms with Gasteiger partial charge in [0.2, 0.25) is 0 Å². The first-order chi connectivity index (χ1) is 11.1. The van der Waals surface area contributed by atoms with Crippen molar-refractivity contribution in [2.24, 2.45) is 0 Å². The first kappa shape index (κ1) is 16.7. The summed E-state index contributed by atoms with van der Waals surface area (Å²) >= 11 is 0. The van der Waals surface area contributed by atoms with Crippen LogP contribution in [0.25, 0.3) is 0 Å². The molecule has 0 fully saturated rings. The molecule has 0 saturated heterocycles. The van der Waals surface area contributed by atoms with Crippen LogP contribution in [-0.2, 0) is 28.6 Å². The highest BCUT2D eigenvalue weighted by Crippen LogP contribution is 2.44. The number of esters is 2. The van der Waals surface area contributed by atoms with Gasteiger partial charge in [0.15, 0.2) is 0 Å². The van der Waals surface area contributed by atoms with Crippen molar-refractivity contribution in [3.05, 3.63) is 47.7 Å². The molecule has 1 unspecified atom stereocenters. The Morgan fingerprint density at radius 3 is 2.17 bits per heavy atom. The Morgan fingerprint density at radius 1 is 1.13 bits per heavy atom. The van der Waals surface area contributed by atoms with Gasteiger partial charge in [-0.1, -0.05) is 30.3 Å². The Morgan fingerprint density at radius 2 is 1.70 bits per heavy atom. The highest BCUT2D eigenvalue weighted by molar-refractivity contribution is 6.07. The van der Waals surface area contributed by atoms with Crippen LogP contribution in [0.3, 0.4) is 0 Å². The fraction of sp³-hybridized carbons (Fsp3) is 0.353. The van der Waals surface area contributed by atoms with Crippen LogP contribution < -0.4 is 0 Å². The fourth-order valence-corrected chi connectivity index (χ4v) is 2.59. The largest absolute Gasteiger partial charge is 0.471 e. The van der Waals surface area contributed by atoms with Gasteiger partial charge < -0.3 is 14.2 Å². The molecule has 0 spiro atoms. The van der Waals surface area contributed by atoms with Gasteiger partial charge in [-0.15, -0.1) is 0 Å². The van der Waals surface area contributed by atoms with Crippen molar-refractivity contribution in [1.29, 1.82) is 0 Å². The van der Waals surface area contributed by atoms with Crippen molar-refractivity contribution in [2.45, 2.75) is 25.4 Å². The van der Waals surface area contributed by atoms with E-state index in [0.717, 1.165) is 6.26 Å². The van der Waals surface area contributed by atoms with E-state index in [2.05, 4.69) is 0 Å². The van der Waals surface area contributed by atoms with Crippen molar-refractivity contribution in [1.82, 2.24) is 0 Å². The van der Waals surface area contributed by atoms with E-state index in [9.17, 15) is 14.4 Å². The SMILES string of the molecule is CCOC(=O)C1(C(=O)OCC)OC=C(C=O)C1c1ccccc1. The number of carbonyl (C=O) groups excluding carboxylic acids is 3. The quantitative estimate of drug-likeness (QED) is 0.452. The van der Waals surface area contributed by atoms with Crippen LogP contribution in [0.15, 0.2) is 42.2 Å². The molecular formula is C17H18O6. The third-order valence-corrected chi connectivity index (χ3v) is 3.55. The number of ether oxygens (including phenoxy) is 3. The molecule has 1 atom stereocenters. The summed E-state index contributed by atoms with van der Waals surface area (Å²) < 4.78 is 15.5. The van der Waals surface area contributed by atoms with E-state index in [1.807, 2.05) is 0 Å². The fourth-order valence-electron chi connectivity index (χ4n) is 2.59. The van der Waals surface area contributed by atoms with Gasteiger partial charge in [-0.2, -0.15) is 0 Å². The Hall–Kier alpha value is -2.63. The maximum atomic E-state index is 12.5. The average molecular weight is 318 g/mol. The molecule has 1 heterocycles. The Balaban J connectivity index is 2.57. The molecule has 6 nitrogen and oxygen atoms in total. The predicted molar refractivity (Wildman–Crippen MR) is 80.4 cm³/mol. The molecule has 0 aliphatic carbocycles. The minimum Gasteiger partial charge on any atom is -0.471 e. The lowest BCUT2D eigenvalue weighted by Gasteiger charge is -2.30. The minimum absolute atomic E-state index is 0.0707. The van der Waals surface area contributed by atoms with Gasteiger partial charge in [-0.25, -0.2) is 9.59 Å². The van der Waals surface area contributed by atoms with Crippen molar-refractivity contribution >= 4 is 18.2 Å². The number of hydrogen-bond donors (Lipinski definition) is 0. The van der Waals surface area contributed by atoms with Gasteiger partial charge in [-0.05, 0) is 19.4 Å². The molecule has 1 aliphatic heterocycles. The molecule has 1 aromatic carbocycles. The third-order valence-electron chi connectivity index (χ3n) is 3.55. The maximum Gasteiger partial charge on any atom is 0.363 e. The Bertz CT molecular complexity index is 601. The summed E-state index contributed by atoms with van der Waals surface area (Å²) in [7, 11) is 0.